The van der Waals surface area contributed by atoms with E-state index in [1.54, 1.807) is 16.7 Å². The van der Waals surface area contributed by atoms with Crippen LogP contribution in [0.2, 0.25) is 0 Å². The highest BCUT2D eigenvalue weighted by atomic mass is 35.6. The van der Waals surface area contributed by atoms with Gasteiger partial charge in [-0.3, -0.25) is 9.59 Å². The minimum Gasteiger partial charge on any atom is -0.341 e. The topological polar surface area (TPSA) is 53.3 Å². The lowest BCUT2D eigenvalue weighted by molar-refractivity contribution is -0.696. The Kier molecular flexibility index (Phi) is 6.82. The van der Waals surface area contributed by atoms with Crippen molar-refractivity contribution in [3.63, 3.8) is 0 Å². The largest absolute Gasteiger partial charge is 0.341 e. The Balaban J connectivity index is 1.38. The van der Waals surface area contributed by atoms with Crippen LogP contribution < -0.4 is 9.88 Å². The molecule has 1 fully saturated rings. The Morgan fingerprint density at radius 2 is 1.90 bits per heavy atom. The molecule has 9 heteroatoms. The van der Waals surface area contributed by atoms with Crippen LogP contribution in [-0.4, -0.2) is 37.7 Å². The van der Waals surface area contributed by atoms with E-state index in [1.165, 1.54) is 0 Å². The molecule has 1 aromatic heterocycles. The summed E-state index contributed by atoms with van der Waals surface area (Å²) in [6.45, 7) is 0.603. The molecule has 2 aliphatic rings. The molecule has 0 spiro atoms. The lowest BCUT2D eigenvalue weighted by Gasteiger charge is -2.47. The molecular weight excluding hydrogens is 477 g/mol. The van der Waals surface area contributed by atoms with Gasteiger partial charge in [-0.15, -0.1) is 11.8 Å². The zero-order valence-corrected chi connectivity index (χ0v) is 19.6. The van der Waals surface area contributed by atoms with Crippen molar-refractivity contribution in [3.8, 4) is 0 Å². The SMILES string of the molecule is O=C(Cc1ccccc1)N[C@@H]1C(=O)N2C=C(C[n+]3ccccc3CC(Cl)(Cl)Cl)CS[C@H]12. The van der Waals surface area contributed by atoms with E-state index in [9.17, 15) is 9.59 Å². The minimum absolute atomic E-state index is 0.0719. The zero-order valence-electron chi connectivity index (χ0n) is 16.5. The van der Waals surface area contributed by atoms with Crippen molar-refractivity contribution < 1.29 is 14.2 Å². The Morgan fingerprint density at radius 1 is 1.16 bits per heavy atom. The van der Waals surface area contributed by atoms with Crippen molar-refractivity contribution >= 4 is 58.4 Å². The Labute approximate surface area is 200 Å². The lowest BCUT2D eigenvalue weighted by atomic mass is 10.1. The van der Waals surface area contributed by atoms with E-state index in [0.29, 0.717) is 13.0 Å². The monoisotopic (exact) mass is 496 g/mol. The number of carbonyl (C=O) groups excluding carboxylic acids is 2. The number of carbonyl (C=O) groups is 2. The smallest absolute Gasteiger partial charge is 0.253 e. The summed E-state index contributed by atoms with van der Waals surface area (Å²) >= 11 is 19.6. The van der Waals surface area contributed by atoms with Crippen molar-refractivity contribution in [2.24, 2.45) is 0 Å². The van der Waals surface area contributed by atoms with Gasteiger partial charge in [-0.2, -0.15) is 4.57 Å². The average Bonchev–Trinajstić information content (AvgIpc) is 2.73. The molecule has 2 aliphatic heterocycles. The Morgan fingerprint density at radius 3 is 2.65 bits per heavy atom. The predicted molar refractivity (Wildman–Crippen MR) is 124 cm³/mol. The number of hydrogen-bond donors (Lipinski definition) is 1. The second-order valence-corrected chi connectivity index (χ2v) is 11.2. The molecule has 4 rings (SSSR count). The molecule has 5 nitrogen and oxygen atoms in total. The fraction of sp³-hybridized carbons (Fsp3) is 0.318. The molecule has 0 unspecified atom stereocenters. The molecule has 1 N–H and O–H groups in total. The maximum atomic E-state index is 12.6. The molecule has 2 amide bonds. The number of β-lactam (4-membered cyclic amide) rings is 1. The molecule has 31 heavy (non-hydrogen) atoms. The number of rotatable bonds is 6. The van der Waals surface area contributed by atoms with Gasteiger partial charge in [0.2, 0.25) is 5.91 Å². The maximum absolute atomic E-state index is 12.6. The van der Waals surface area contributed by atoms with Gasteiger partial charge in [0.05, 0.1) is 12.8 Å². The molecule has 3 heterocycles. The molecule has 2 aromatic rings. The number of amides is 2. The predicted octanol–water partition coefficient (Wildman–Crippen LogP) is 3.41. The van der Waals surface area contributed by atoms with Gasteiger partial charge < -0.3 is 10.2 Å². The summed E-state index contributed by atoms with van der Waals surface area (Å²) < 4.78 is 0.653. The van der Waals surface area contributed by atoms with Gasteiger partial charge in [0, 0.05) is 29.7 Å². The van der Waals surface area contributed by atoms with Crippen LogP contribution in [0.25, 0.3) is 0 Å². The summed E-state index contributed by atoms with van der Waals surface area (Å²) in [5, 5.41) is 2.81. The van der Waals surface area contributed by atoms with Crippen LogP contribution in [0.1, 0.15) is 11.3 Å². The van der Waals surface area contributed by atoms with Crippen LogP contribution in [0, 0.1) is 0 Å². The fourth-order valence-corrected chi connectivity index (χ4v) is 5.37. The van der Waals surface area contributed by atoms with Gasteiger partial charge in [-0.25, -0.2) is 0 Å². The summed E-state index contributed by atoms with van der Waals surface area (Å²) in [5.41, 5.74) is 2.91. The van der Waals surface area contributed by atoms with Crippen LogP contribution in [-0.2, 0) is 29.0 Å². The number of aromatic nitrogens is 1. The van der Waals surface area contributed by atoms with Crippen LogP contribution in [0.15, 0.2) is 66.5 Å². The first kappa shape index (κ1) is 22.5. The summed E-state index contributed by atoms with van der Waals surface area (Å²) in [6.07, 6.45) is 4.38. The minimum atomic E-state index is -1.37. The highest BCUT2D eigenvalue weighted by Gasteiger charge is 2.49. The van der Waals surface area contributed by atoms with E-state index in [-0.39, 0.29) is 23.6 Å². The Bertz CT molecular complexity index is 1010. The second kappa shape index (κ2) is 9.41. The molecule has 162 valence electrons. The van der Waals surface area contributed by atoms with Crippen LogP contribution in [0.3, 0.4) is 0 Å². The third-order valence-corrected chi connectivity index (χ3v) is 6.93. The first-order valence-electron chi connectivity index (χ1n) is 9.81. The first-order valence-corrected chi connectivity index (χ1v) is 12.0. The zero-order chi connectivity index (χ0) is 22.0. The quantitative estimate of drug-likeness (QED) is 0.378. The van der Waals surface area contributed by atoms with Crippen molar-refractivity contribution in [1.29, 1.82) is 0 Å². The number of nitrogens with zero attached hydrogens (tertiary/aromatic N) is 2. The Hall–Kier alpha value is -1.73. The number of alkyl halides is 3. The number of hydrogen-bond acceptors (Lipinski definition) is 3. The number of pyridine rings is 1. The molecular formula is C22H21Cl3N3O2S+. The number of benzene rings is 1. The molecule has 0 aliphatic carbocycles. The standard InChI is InChI=1S/C22H20Cl3N3O2S/c23-22(24,25)11-17-8-4-5-9-27(17)12-16-13-28-20(30)19(21(28)31-14-16)26-18(29)10-15-6-2-1-3-7-15/h1-9,13,19,21H,10-12,14H2/p+1/t19-,21-/m1/s1. The third-order valence-electron chi connectivity index (χ3n) is 5.15. The van der Waals surface area contributed by atoms with Crippen molar-refractivity contribution in [1.82, 2.24) is 10.2 Å². The number of nitrogens with one attached hydrogen (secondary N) is 1. The van der Waals surface area contributed by atoms with Gasteiger partial charge in [0.15, 0.2) is 22.2 Å². The van der Waals surface area contributed by atoms with E-state index < -0.39 is 9.83 Å². The van der Waals surface area contributed by atoms with E-state index in [2.05, 4.69) is 5.32 Å². The van der Waals surface area contributed by atoms with E-state index in [1.807, 2.05) is 65.5 Å². The van der Waals surface area contributed by atoms with Gasteiger partial charge in [0.1, 0.15) is 11.4 Å². The van der Waals surface area contributed by atoms with Crippen molar-refractivity contribution in [2.45, 2.75) is 34.6 Å². The summed E-state index contributed by atoms with van der Waals surface area (Å²) in [4.78, 5) is 26.7. The van der Waals surface area contributed by atoms with Gasteiger partial charge >= 0.3 is 0 Å². The molecule has 2 atom stereocenters. The molecule has 0 radical (unpaired) electrons. The number of halogens is 3. The number of thioether (sulfide) groups is 1. The average molecular weight is 498 g/mol. The number of fused-ring (bicyclic) bond motifs is 1. The maximum Gasteiger partial charge on any atom is 0.253 e. The molecule has 0 bridgehead atoms. The van der Waals surface area contributed by atoms with Gasteiger partial charge in [-0.1, -0.05) is 71.2 Å². The van der Waals surface area contributed by atoms with E-state index in [4.69, 9.17) is 34.8 Å². The highest BCUT2D eigenvalue weighted by molar-refractivity contribution is 8.00. The highest BCUT2D eigenvalue weighted by Crippen LogP contribution is 2.36. The van der Waals surface area contributed by atoms with Crippen LogP contribution in [0.5, 0.6) is 0 Å². The molecule has 0 saturated carbocycles. The fourth-order valence-electron chi connectivity index (χ4n) is 3.70. The summed E-state index contributed by atoms with van der Waals surface area (Å²) in [6, 6.07) is 14.8. The third kappa shape index (κ3) is 5.55. The van der Waals surface area contributed by atoms with E-state index in [0.717, 1.165) is 22.6 Å². The molecule has 1 aromatic carbocycles. The van der Waals surface area contributed by atoms with Crippen molar-refractivity contribution in [3.05, 3.63) is 77.8 Å². The van der Waals surface area contributed by atoms with E-state index >= 15 is 0 Å². The normalized spacial score (nSPS) is 20.5. The van der Waals surface area contributed by atoms with Crippen LogP contribution >= 0.6 is 46.6 Å². The van der Waals surface area contributed by atoms with Gasteiger partial charge in [-0.05, 0) is 5.56 Å². The van der Waals surface area contributed by atoms with Crippen LogP contribution in [0.4, 0.5) is 0 Å². The summed E-state index contributed by atoms with van der Waals surface area (Å²) in [5.74, 6) is 0.528. The lowest BCUT2D eigenvalue weighted by Crippen LogP contribution is -2.68. The van der Waals surface area contributed by atoms with Gasteiger partial charge in [0.25, 0.3) is 5.91 Å². The molecule has 1 saturated heterocycles. The second-order valence-electron chi connectivity index (χ2n) is 7.55. The first-order chi connectivity index (χ1) is 14.8. The summed E-state index contributed by atoms with van der Waals surface area (Å²) in [7, 11) is 0. The van der Waals surface area contributed by atoms with Crippen molar-refractivity contribution in [2.75, 3.05) is 5.75 Å².